The number of rotatable bonds is 6. The zero-order chi connectivity index (χ0) is 12.9. The third-order valence-electron chi connectivity index (χ3n) is 3.14. The van der Waals surface area contributed by atoms with Crippen LogP contribution in [0.1, 0.15) is 44.4 Å². The Morgan fingerprint density at radius 3 is 2.59 bits per heavy atom. The molecule has 0 aliphatic heterocycles. The number of methoxy groups -OCH3 is 1. The van der Waals surface area contributed by atoms with Crippen molar-refractivity contribution in [2.45, 2.75) is 45.8 Å². The van der Waals surface area contributed by atoms with Crippen LogP contribution in [0.15, 0.2) is 24.3 Å². The Labute approximate surface area is 105 Å². The van der Waals surface area contributed by atoms with Gasteiger partial charge in [-0.15, -0.1) is 0 Å². The second-order valence-corrected chi connectivity index (χ2v) is 5.19. The fourth-order valence-corrected chi connectivity index (χ4v) is 2.02. The van der Waals surface area contributed by atoms with Gasteiger partial charge in [-0.25, -0.2) is 0 Å². The lowest BCUT2D eigenvalue weighted by Gasteiger charge is -2.29. The van der Waals surface area contributed by atoms with Crippen LogP contribution in [0.3, 0.4) is 0 Å². The number of aryl methyl sites for hydroxylation is 1. The van der Waals surface area contributed by atoms with Crippen LogP contribution >= 0.6 is 0 Å². The number of hydrogen-bond donors (Lipinski definition) is 1. The van der Waals surface area contributed by atoms with Gasteiger partial charge in [-0.3, -0.25) is 0 Å². The number of ether oxygens (including phenoxy) is 1. The predicted molar refractivity (Wildman–Crippen MR) is 73.3 cm³/mol. The SMILES string of the molecule is CCNC(CC(C)(C)OC)c1cccc(C)c1. The molecule has 0 amide bonds. The lowest BCUT2D eigenvalue weighted by molar-refractivity contribution is 0.00697. The van der Waals surface area contributed by atoms with Crippen molar-refractivity contribution in [2.75, 3.05) is 13.7 Å². The molecule has 17 heavy (non-hydrogen) atoms. The summed E-state index contributed by atoms with van der Waals surface area (Å²) in [7, 11) is 1.78. The van der Waals surface area contributed by atoms with Gasteiger partial charge in [-0.05, 0) is 39.3 Å². The Morgan fingerprint density at radius 2 is 2.06 bits per heavy atom. The van der Waals surface area contributed by atoms with E-state index < -0.39 is 0 Å². The van der Waals surface area contributed by atoms with Crippen molar-refractivity contribution in [2.24, 2.45) is 0 Å². The van der Waals surface area contributed by atoms with Gasteiger partial charge in [0.1, 0.15) is 0 Å². The molecule has 1 N–H and O–H groups in total. The van der Waals surface area contributed by atoms with Crippen LogP contribution in [-0.2, 0) is 4.74 Å². The van der Waals surface area contributed by atoms with Crippen LogP contribution in [0.25, 0.3) is 0 Å². The van der Waals surface area contributed by atoms with Crippen molar-refractivity contribution < 1.29 is 4.74 Å². The zero-order valence-corrected chi connectivity index (χ0v) is 11.7. The molecule has 1 unspecified atom stereocenters. The van der Waals surface area contributed by atoms with E-state index in [0.717, 1.165) is 13.0 Å². The molecular formula is C15H25NO. The van der Waals surface area contributed by atoms with Crippen molar-refractivity contribution in [3.63, 3.8) is 0 Å². The van der Waals surface area contributed by atoms with Crippen molar-refractivity contribution in [1.82, 2.24) is 5.32 Å². The first-order valence-electron chi connectivity index (χ1n) is 6.33. The molecule has 0 saturated heterocycles. The molecule has 0 fully saturated rings. The predicted octanol–water partition coefficient (Wildman–Crippen LogP) is 3.46. The lowest BCUT2D eigenvalue weighted by atomic mass is 9.93. The van der Waals surface area contributed by atoms with Gasteiger partial charge in [-0.2, -0.15) is 0 Å². The number of nitrogens with one attached hydrogen (secondary N) is 1. The minimum Gasteiger partial charge on any atom is -0.379 e. The van der Waals surface area contributed by atoms with Crippen LogP contribution in [-0.4, -0.2) is 19.3 Å². The Kier molecular flexibility index (Phi) is 5.16. The fourth-order valence-electron chi connectivity index (χ4n) is 2.02. The Morgan fingerprint density at radius 1 is 1.35 bits per heavy atom. The highest BCUT2D eigenvalue weighted by Gasteiger charge is 2.23. The molecule has 0 saturated carbocycles. The molecule has 0 bridgehead atoms. The third kappa shape index (κ3) is 4.49. The number of benzene rings is 1. The maximum Gasteiger partial charge on any atom is 0.0640 e. The van der Waals surface area contributed by atoms with E-state index in [1.54, 1.807) is 7.11 Å². The molecule has 2 heteroatoms. The van der Waals surface area contributed by atoms with E-state index >= 15 is 0 Å². The summed E-state index contributed by atoms with van der Waals surface area (Å²) in [5, 5.41) is 3.54. The summed E-state index contributed by atoms with van der Waals surface area (Å²) in [5.74, 6) is 0. The second kappa shape index (κ2) is 6.18. The summed E-state index contributed by atoms with van der Waals surface area (Å²) in [6, 6.07) is 9.04. The molecule has 0 spiro atoms. The van der Waals surface area contributed by atoms with Crippen LogP contribution < -0.4 is 5.32 Å². The molecule has 1 rings (SSSR count). The molecule has 0 aliphatic carbocycles. The van der Waals surface area contributed by atoms with E-state index in [0.29, 0.717) is 6.04 Å². The van der Waals surface area contributed by atoms with Crippen LogP contribution in [0, 0.1) is 6.92 Å². The topological polar surface area (TPSA) is 21.3 Å². The molecule has 96 valence electrons. The maximum atomic E-state index is 5.53. The molecule has 2 nitrogen and oxygen atoms in total. The monoisotopic (exact) mass is 235 g/mol. The molecular weight excluding hydrogens is 210 g/mol. The first-order valence-corrected chi connectivity index (χ1v) is 6.33. The zero-order valence-electron chi connectivity index (χ0n) is 11.7. The Hall–Kier alpha value is -0.860. The van der Waals surface area contributed by atoms with Gasteiger partial charge >= 0.3 is 0 Å². The van der Waals surface area contributed by atoms with Gasteiger partial charge in [0.2, 0.25) is 0 Å². The van der Waals surface area contributed by atoms with E-state index in [1.807, 2.05) is 0 Å². The van der Waals surface area contributed by atoms with Gasteiger partial charge in [0.15, 0.2) is 0 Å². The highest BCUT2D eigenvalue weighted by molar-refractivity contribution is 5.25. The van der Waals surface area contributed by atoms with E-state index in [4.69, 9.17) is 4.74 Å². The average Bonchev–Trinajstić information content (AvgIpc) is 2.28. The lowest BCUT2D eigenvalue weighted by Crippen LogP contribution is -2.32. The van der Waals surface area contributed by atoms with Crippen LogP contribution in [0.4, 0.5) is 0 Å². The van der Waals surface area contributed by atoms with Crippen molar-refractivity contribution in [3.05, 3.63) is 35.4 Å². The minimum atomic E-state index is -0.101. The summed E-state index contributed by atoms with van der Waals surface area (Å²) in [6.45, 7) is 9.51. The molecule has 0 aliphatic rings. The summed E-state index contributed by atoms with van der Waals surface area (Å²) in [5.41, 5.74) is 2.55. The first kappa shape index (κ1) is 14.2. The summed E-state index contributed by atoms with van der Waals surface area (Å²) in [4.78, 5) is 0. The minimum absolute atomic E-state index is 0.101. The molecule has 1 aromatic rings. The van der Waals surface area contributed by atoms with Crippen LogP contribution in [0.5, 0.6) is 0 Å². The third-order valence-corrected chi connectivity index (χ3v) is 3.14. The largest absolute Gasteiger partial charge is 0.379 e. The van der Waals surface area contributed by atoms with Crippen molar-refractivity contribution in [3.8, 4) is 0 Å². The summed E-state index contributed by atoms with van der Waals surface area (Å²) < 4.78 is 5.53. The molecule has 1 aromatic carbocycles. The molecule has 0 aromatic heterocycles. The van der Waals surface area contributed by atoms with Gasteiger partial charge in [-0.1, -0.05) is 36.8 Å². The van der Waals surface area contributed by atoms with Crippen molar-refractivity contribution in [1.29, 1.82) is 0 Å². The summed E-state index contributed by atoms with van der Waals surface area (Å²) in [6.07, 6.45) is 0.973. The normalized spacial score (nSPS) is 13.7. The molecule has 1 atom stereocenters. The van der Waals surface area contributed by atoms with E-state index in [-0.39, 0.29) is 5.60 Å². The maximum absolute atomic E-state index is 5.53. The Bertz CT molecular complexity index is 347. The van der Waals surface area contributed by atoms with Gasteiger partial charge in [0.05, 0.1) is 5.60 Å². The van der Waals surface area contributed by atoms with E-state index in [2.05, 4.69) is 57.3 Å². The smallest absolute Gasteiger partial charge is 0.0640 e. The summed E-state index contributed by atoms with van der Waals surface area (Å²) >= 11 is 0. The highest BCUT2D eigenvalue weighted by Crippen LogP contribution is 2.26. The van der Waals surface area contributed by atoms with Gasteiger partial charge in [0, 0.05) is 13.2 Å². The van der Waals surface area contributed by atoms with Crippen LogP contribution in [0.2, 0.25) is 0 Å². The standard InChI is InChI=1S/C15H25NO/c1-6-16-14(11-15(3,4)17-5)13-9-7-8-12(2)10-13/h7-10,14,16H,6,11H2,1-5H3. The number of hydrogen-bond acceptors (Lipinski definition) is 2. The Balaban J connectivity index is 2.85. The van der Waals surface area contributed by atoms with Crippen molar-refractivity contribution >= 4 is 0 Å². The first-order chi connectivity index (χ1) is 7.98. The highest BCUT2D eigenvalue weighted by atomic mass is 16.5. The van der Waals surface area contributed by atoms with Gasteiger partial charge < -0.3 is 10.1 Å². The quantitative estimate of drug-likeness (QED) is 0.815. The molecule has 0 radical (unpaired) electrons. The van der Waals surface area contributed by atoms with E-state index in [1.165, 1.54) is 11.1 Å². The second-order valence-electron chi connectivity index (χ2n) is 5.19. The van der Waals surface area contributed by atoms with Gasteiger partial charge in [0.25, 0.3) is 0 Å². The fraction of sp³-hybridized carbons (Fsp3) is 0.600. The molecule has 0 heterocycles. The van der Waals surface area contributed by atoms with E-state index in [9.17, 15) is 0 Å². The average molecular weight is 235 g/mol.